The standard InChI is InChI=1S/C20H23NO3.C18H20BrNO3.C18H20ClNO3.C18H20FNO3.C18H20INO3/c1-5-16-8-9-18(21(23)20(22)6-2)17(12-16)13-24-19-10-7-14(3)11-15(19)4;4*1-4-18(21)20(22)16-7-6-15(19)10-14(16)11-23-17-8-5-12(2)9-13(17)3/h5,7-12,23H,1,6,13H2,2-4H3;4*5-10,22H,4,11H2,1-3H3. The van der Waals surface area contributed by atoms with Gasteiger partial charge in [0.15, 0.2) is 0 Å². The van der Waals surface area contributed by atoms with E-state index in [1.807, 2.05) is 166 Å². The first-order valence-corrected chi connectivity index (χ1v) is 39.9. The molecular weight excluding hydrogens is 1680 g/mol. The maximum absolute atomic E-state index is 13.5. The Balaban J connectivity index is 0.000000225. The first-order valence-electron chi connectivity index (χ1n) is 37.6. The molecule has 0 aliphatic heterocycles. The van der Waals surface area contributed by atoms with E-state index in [4.69, 9.17) is 35.3 Å². The highest BCUT2D eigenvalue weighted by Crippen LogP contribution is 2.33. The average Bonchev–Trinajstić information content (AvgIpc) is 0.843. The number of anilines is 5. The lowest BCUT2D eigenvalue weighted by Gasteiger charge is -2.19. The summed E-state index contributed by atoms with van der Waals surface area (Å²) in [6.07, 6.45) is 2.75. The van der Waals surface area contributed by atoms with Gasteiger partial charge in [0, 0.05) is 73.0 Å². The molecule has 0 saturated carbocycles. The molecule has 614 valence electrons. The molecule has 5 N–H and O–H groups in total. The molecule has 20 nitrogen and oxygen atoms in total. The zero-order valence-corrected chi connectivity index (χ0v) is 72.7. The van der Waals surface area contributed by atoms with Crippen LogP contribution in [-0.2, 0) is 57.0 Å². The SMILES string of the molecule is C=Cc1ccc(N(O)C(=O)CC)c(COc2ccc(C)cc2C)c1.CCC(=O)N(O)c1ccc(Br)cc1COc1ccc(C)cc1C.CCC(=O)N(O)c1ccc(Cl)cc1COc1ccc(C)cc1C.CCC(=O)N(O)c1ccc(F)cc1COc1ccc(C)cc1C.CCC(=O)N(O)c1ccc(I)cc1COc1ccc(C)cc1C. The quantitative estimate of drug-likeness (QED) is 0.0192. The molecule has 0 atom stereocenters. The highest BCUT2D eigenvalue weighted by molar-refractivity contribution is 14.1. The molecule has 116 heavy (non-hydrogen) atoms. The van der Waals surface area contributed by atoms with Crippen LogP contribution in [0.1, 0.15) is 156 Å². The molecule has 0 radical (unpaired) electrons. The van der Waals surface area contributed by atoms with Crippen LogP contribution < -0.4 is 49.0 Å². The first kappa shape index (κ1) is 94.4. The fourth-order valence-electron chi connectivity index (χ4n) is 11.6. The van der Waals surface area contributed by atoms with E-state index in [1.165, 1.54) is 34.9 Å². The molecule has 10 rings (SSSR count). The van der Waals surface area contributed by atoms with Gasteiger partial charge in [-0.15, -0.1) is 0 Å². The number of carbonyl (C=O) groups excluding carboxylic acids is 5. The molecule has 0 unspecified atom stereocenters. The number of aryl methyl sites for hydroxylation is 10. The monoisotopic (exact) mass is 1780 g/mol. The van der Waals surface area contributed by atoms with Crippen LogP contribution in [0.5, 0.6) is 28.7 Å². The third-order valence-corrected chi connectivity index (χ3v) is 19.3. The van der Waals surface area contributed by atoms with Crippen LogP contribution in [0.2, 0.25) is 5.02 Å². The predicted molar refractivity (Wildman–Crippen MR) is 467 cm³/mol. The van der Waals surface area contributed by atoms with Gasteiger partial charge in [-0.2, -0.15) is 25.3 Å². The summed E-state index contributed by atoms with van der Waals surface area (Å²) in [5.41, 5.74) is 17.0. The Morgan fingerprint density at radius 3 is 0.922 bits per heavy atom. The second-order valence-electron chi connectivity index (χ2n) is 27.3. The highest BCUT2D eigenvalue weighted by atomic mass is 127. The van der Waals surface area contributed by atoms with Crippen molar-refractivity contribution >= 4 is 114 Å². The Morgan fingerprint density at radius 1 is 0.362 bits per heavy atom. The van der Waals surface area contributed by atoms with Gasteiger partial charge < -0.3 is 23.7 Å². The zero-order valence-electron chi connectivity index (χ0n) is 68.2. The summed E-state index contributed by atoms with van der Waals surface area (Å²) in [6.45, 7) is 33.2. The topological polar surface area (TPSA) is 249 Å². The van der Waals surface area contributed by atoms with Crippen LogP contribution in [0.3, 0.4) is 0 Å². The fraction of sp³-hybridized carbons (Fsp3) is 0.272. The van der Waals surface area contributed by atoms with Gasteiger partial charge in [0.2, 0.25) is 29.5 Å². The lowest BCUT2D eigenvalue weighted by Crippen LogP contribution is -2.27. The lowest BCUT2D eigenvalue weighted by atomic mass is 10.1. The van der Waals surface area contributed by atoms with Crippen molar-refractivity contribution in [3.05, 3.63) is 296 Å². The van der Waals surface area contributed by atoms with E-state index in [0.717, 1.165) is 92.2 Å². The summed E-state index contributed by atoms with van der Waals surface area (Å²) in [5.74, 6) is 1.41. The number of hydroxylamine groups is 5. The van der Waals surface area contributed by atoms with E-state index in [1.54, 1.807) is 89.2 Å². The molecule has 5 amide bonds. The van der Waals surface area contributed by atoms with Gasteiger partial charge in [0.25, 0.3) is 0 Å². The minimum absolute atomic E-state index is 0.0467. The number of rotatable bonds is 26. The predicted octanol–water partition coefficient (Wildman–Crippen LogP) is 22.9. The van der Waals surface area contributed by atoms with E-state index < -0.39 is 11.7 Å². The van der Waals surface area contributed by atoms with Gasteiger partial charge in [-0.05, 0) is 240 Å². The van der Waals surface area contributed by atoms with Crippen LogP contribution in [0.25, 0.3) is 6.08 Å². The third-order valence-electron chi connectivity index (χ3n) is 17.9. The first-order chi connectivity index (χ1) is 55.1. The minimum Gasteiger partial charge on any atom is -0.489 e. The van der Waals surface area contributed by atoms with Crippen molar-refractivity contribution in [1.29, 1.82) is 0 Å². The molecule has 10 aromatic carbocycles. The highest BCUT2D eigenvalue weighted by Gasteiger charge is 2.23. The summed E-state index contributed by atoms with van der Waals surface area (Å²) >= 11 is 11.6. The molecule has 0 aromatic heterocycles. The summed E-state index contributed by atoms with van der Waals surface area (Å²) in [5, 5.41) is 54.0. The number of nitrogens with zero attached hydrogens (tertiary/aromatic N) is 5. The number of benzene rings is 10. The third kappa shape index (κ3) is 28.2. The van der Waals surface area contributed by atoms with Gasteiger partial charge in [-0.3, -0.25) is 50.0 Å². The number of hydrogen-bond acceptors (Lipinski definition) is 15. The Labute approximate surface area is 706 Å². The minimum atomic E-state index is -0.468. The Kier molecular flexibility index (Phi) is 37.7. The number of halogens is 4. The van der Waals surface area contributed by atoms with Crippen LogP contribution in [0, 0.1) is 78.6 Å². The van der Waals surface area contributed by atoms with E-state index >= 15 is 0 Å². The van der Waals surface area contributed by atoms with Crippen molar-refractivity contribution in [1.82, 2.24) is 0 Å². The van der Waals surface area contributed by atoms with Gasteiger partial charge in [0.05, 0.1) is 28.4 Å². The van der Waals surface area contributed by atoms with Crippen molar-refractivity contribution in [2.75, 3.05) is 25.3 Å². The molecule has 0 saturated heterocycles. The molecule has 0 aliphatic carbocycles. The van der Waals surface area contributed by atoms with Crippen molar-refractivity contribution in [3.8, 4) is 28.7 Å². The van der Waals surface area contributed by atoms with Gasteiger partial charge in [-0.1, -0.05) is 169 Å². The molecule has 0 bridgehead atoms. The summed E-state index contributed by atoms with van der Waals surface area (Å²) in [7, 11) is 0. The van der Waals surface area contributed by atoms with Crippen molar-refractivity contribution in [2.45, 2.75) is 169 Å². The normalized spacial score (nSPS) is 10.4. The molecule has 0 heterocycles. The number of amides is 5. The van der Waals surface area contributed by atoms with Gasteiger partial charge in [-0.25, -0.2) is 4.39 Å². The second kappa shape index (κ2) is 46.3. The average molecular weight is 1780 g/mol. The number of carbonyl (C=O) groups is 5. The van der Waals surface area contributed by atoms with E-state index in [0.29, 0.717) is 70.0 Å². The lowest BCUT2D eigenvalue weighted by molar-refractivity contribution is -0.124. The van der Waals surface area contributed by atoms with Crippen LogP contribution in [-0.4, -0.2) is 55.6 Å². The summed E-state index contributed by atoms with van der Waals surface area (Å²) < 4.78 is 44.6. The Morgan fingerprint density at radius 2 is 0.621 bits per heavy atom. The Hall–Kier alpha value is -10.5. The molecule has 10 aromatic rings. The van der Waals surface area contributed by atoms with Crippen molar-refractivity contribution in [3.63, 3.8) is 0 Å². The molecular formula is C92H103BrClFIN5O15. The second-order valence-corrected chi connectivity index (χ2v) is 29.9. The van der Waals surface area contributed by atoms with Crippen LogP contribution in [0.4, 0.5) is 32.8 Å². The van der Waals surface area contributed by atoms with Gasteiger partial charge in [0.1, 0.15) is 67.6 Å². The maximum Gasteiger partial charge on any atom is 0.250 e. The van der Waals surface area contributed by atoms with E-state index in [2.05, 4.69) is 63.3 Å². The zero-order chi connectivity index (χ0) is 85.6. The fourth-order valence-corrected chi connectivity index (χ4v) is 12.7. The van der Waals surface area contributed by atoms with Gasteiger partial charge >= 0.3 is 0 Å². The van der Waals surface area contributed by atoms with E-state index in [9.17, 15) is 54.4 Å². The maximum atomic E-state index is 13.5. The molecule has 24 heteroatoms. The molecule has 0 fully saturated rings. The van der Waals surface area contributed by atoms with Crippen molar-refractivity contribution < 1.29 is 78.1 Å². The van der Waals surface area contributed by atoms with Crippen molar-refractivity contribution in [2.24, 2.45) is 0 Å². The van der Waals surface area contributed by atoms with E-state index in [-0.39, 0.29) is 94.5 Å². The summed E-state index contributed by atoms with van der Waals surface area (Å²) in [4.78, 5) is 58.7. The summed E-state index contributed by atoms with van der Waals surface area (Å²) in [6, 6.07) is 54.5. The largest absolute Gasteiger partial charge is 0.489 e. The smallest absolute Gasteiger partial charge is 0.250 e. The van der Waals surface area contributed by atoms with Crippen LogP contribution >= 0.6 is 50.1 Å². The number of ether oxygens (including phenoxy) is 5. The Bertz CT molecular complexity index is 4570. The van der Waals surface area contributed by atoms with Crippen LogP contribution in [0.15, 0.2) is 193 Å². The molecule has 0 spiro atoms. The number of hydrogen-bond donors (Lipinski definition) is 5. The molecule has 0 aliphatic rings.